The number of benzene rings is 1. The van der Waals surface area contributed by atoms with Crippen LogP contribution >= 0.6 is 11.6 Å². The lowest BCUT2D eigenvalue weighted by molar-refractivity contribution is -0.174. The zero-order valence-corrected chi connectivity index (χ0v) is 23.2. The summed E-state index contributed by atoms with van der Waals surface area (Å²) < 4.78 is 5.57. The van der Waals surface area contributed by atoms with Gasteiger partial charge >= 0.3 is 5.63 Å². The van der Waals surface area contributed by atoms with E-state index in [-0.39, 0.29) is 28.7 Å². The predicted octanol–water partition coefficient (Wildman–Crippen LogP) is 6.40. The highest BCUT2D eigenvalue weighted by Gasteiger charge is 2.62. The lowest BCUT2D eigenvalue weighted by atomic mass is 9.43. The molecule has 0 bridgehead atoms. The van der Waals surface area contributed by atoms with Gasteiger partial charge in [-0.1, -0.05) is 32.4 Å². The number of aromatic nitrogens is 1. The molecule has 0 spiro atoms. The average Bonchev–Trinajstić information content (AvgIpc) is 3.21. The van der Waals surface area contributed by atoms with Gasteiger partial charge in [0, 0.05) is 11.4 Å². The van der Waals surface area contributed by atoms with Crippen molar-refractivity contribution in [3.63, 3.8) is 0 Å². The van der Waals surface area contributed by atoms with Crippen LogP contribution in [-0.2, 0) is 6.42 Å². The first-order valence-electron chi connectivity index (χ1n) is 14.6. The van der Waals surface area contributed by atoms with Gasteiger partial charge in [0.1, 0.15) is 0 Å². The number of hydrogen-bond acceptors (Lipinski definition) is 5. The fraction of sp³-hybridized carbons (Fsp3) is 0.742. The lowest BCUT2D eigenvalue weighted by Gasteiger charge is -2.62. The molecule has 1 heterocycles. The molecular formula is C31H42ClNO4. The van der Waals surface area contributed by atoms with Gasteiger partial charge < -0.3 is 14.6 Å². The van der Waals surface area contributed by atoms with Crippen LogP contribution in [0.5, 0.6) is 0 Å². The molecule has 0 amide bonds. The molecule has 4 fully saturated rings. The summed E-state index contributed by atoms with van der Waals surface area (Å²) in [6.45, 7) is 7.34. The summed E-state index contributed by atoms with van der Waals surface area (Å²) in [5.74, 6) is 3.60. The van der Waals surface area contributed by atoms with Crippen LogP contribution < -0.4 is 5.63 Å². The molecule has 6 heteroatoms. The predicted molar refractivity (Wildman–Crippen MR) is 145 cm³/mol. The molecule has 4 saturated carbocycles. The van der Waals surface area contributed by atoms with E-state index >= 15 is 0 Å². The van der Waals surface area contributed by atoms with Crippen molar-refractivity contribution in [2.24, 2.45) is 46.3 Å². The number of nitrogens with zero attached hydrogens (tertiary/aromatic N) is 1. The molecule has 2 aromatic rings. The minimum absolute atomic E-state index is 0.188. The zero-order valence-electron chi connectivity index (χ0n) is 22.5. The normalized spacial score (nSPS) is 42.2. The zero-order chi connectivity index (χ0) is 26.1. The first-order valence-corrected chi connectivity index (χ1v) is 14.9. The number of fused-ring (bicyclic) bond motifs is 6. The molecule has 4 aliphatic carbocycles. The van der Waals surface area contributed by atoms with E-state index in [4.69, 9.17) is 16.0 Å². The van der Waals surface area contributed by atoms with E-state index in [1.165, 1.54) is 25.7 Å². The summed E-state index contributed by atoms with van der Waals surface area (Å²) in [7, 11) is 0. The number of halogens is 1. The number of aliphatic hydroxyl groups excluding tert-OH is 2. The van der Waals surface area contributed by atoms with Gasteiger partial charge in [0.2, 0.25) is 0 Å². The Morgan fingerprint density at radius 2 is 1.84 bits per heavy atom. The summed E-state index contributed by atoms with van der Waals surface area (Å²) in [5.41, 5.74) is 0.780. The molecule has 6 rings (SSSR count). The van der Waals surface area contributed by atoms with E-state index in [1.54, 1.807) is 18.2 Å². The second-order valence-electron chi connectivity index (χ2n) is 13.5. The van der Waals surface area contributed by atoms with Gasteiger partial charge in [0.25, 0.3) is 0 Å². The van der Waals surface area contributed by atoms with Crippen LogP contribution in [0.15, 0.2) is 27.4 Å². The van der Waals surface area contributed by atoms with Crippen molar-refractivity contribution in [2.45, 2.75) is 97.2 Å². The minimum Gasteiger partial charge on any atom is -0.408 e. The highest BCUT2D eigenvalue weighted by molar-refractivity contribution is 6.31. The largest absolute Gasteiger partial charge is 0.408 e. The molecule has 202 valence electrons. The fourth-order valence-corrected chi connectivity index (χ4v) is 10.1. The third-order valence-corrected chi connectivity index (χ3v) is 12.1. The Morgan fingerprint density at radius 3 is 2.65 bits per heavy atom. The molecular weight excluding hydrogens is 486 g/mol. The van der Waals surface area contributed by atoms with Crippen LogP contribution in [0.1, 0.15) is 84.4 Å². The van der Waals surface area contributed by atoms with Crippen LogP contribution in [0.2, 0.25) is 5.02 Å². The number of rotatable bonds is 4. The molecule has 1 unspecified atom stereocenters. The van der Waals surface area contributed by atoms with Crippen molar-refractivity contribution >= 4 is 22.5 Å². The summed E-state index contributed by atoms with van der Waals surface area (Å²) in [6.07, 6.45) is 9.76. The molecule has 0 radical (unpaired) electrons. The van der Waals surface area contributed by atoms with Crippen molar-refractivity contribution in [3.05, 3.63) is 39.5 Å². The maximum atomic E-state index is 12.5. The highest BCUT2D eigenvalue weighted by Crippen LogP contribution is 2.68. The van der Waals surface area contributed by atoms with Crippen LogP contribution in [-0.4, -0.2) is 27.4 Å². The van der Waals surface area contributed by atoms with Crippen LogP contribution in [0, 0.1) is 46.3 Å². The van der Waals surface area contributed by atoms with Crippen molar-refractivity contribution in [1.29, 1.82) is 0 Å². The first-order chi connectivity index (χ1) is 17.6. The minimum atomic E-state index is -0.366. The first kappa shape index (κ1) is 25.8. The molecule has 1 aromatic heterocycles. The molecule has 0 saturated heterocycles. The van der Waals surface area contributed by atoms with E-state index in [2.05, 4.69) is 25.8 Å². The van der Waals surface area contributed by atoms with Crippen LogP contribution in [0.25, 0.3) is 10.9 Å². The van der Waals surface area contributed by atoms with Crippen molar-refractivity contribution in [3.8, 4) is 0 Å². The fourth-order valence-electron chi connectivity index (χ4n) is 9.92. The van der Waals surface area contributed by atoms with E-state index in [9.17, 15) is 15.0 Å². The SMILES string of the molecule is C[C@H](CCc1nc2ccc(Cl)cc2c(=O)o1)[C@H]1CC[C@H]2[C@H]3C(CC[C@]12C)[C@@]1(C)CC[C@@H](O)C[C@H]1C[C@H]3O. The Kier molecular flexibility index (Phi) is 6.52. The van der Waals surface area contributed by atoms with E-state index in [0.717, 1.165) is 32.1 Å². The van der Waals surface area contributed by atoms with Gasteiger partial charge in [-0.25, -0.2) is 9.78 Å². The van der Waals surface area contributed by atoms with Crippen molar-refractivity contribution in [2.75, 3.05) is 0 Å². The Labute approximate surface area is 225 Å². The molecule has 37 heavy (non-hydrogen) atoms. The van der Waals surface area contributed by atoms with Gasteiger partial charge in [-0.3, -0.25) is 0 Å². The van der Waals surface area contributed by atoms with Crippen LogP contribution in [0.4, 0.5) is 0 Å². The summed E-state index contributed by atoms with van der Waals surface area (Å²) in [4.78, 5) is 17.1. The highest BCUT2D eigenvalue weighted by atomic mass is 35.5. The number of aliphatic hydroxyl groups is 2. The van der Waals surface area contributed by atoms with Gasteiger partial charge in [-0.2, -0.15) is 0 Å². The number of hydrogen-bond donors (Lipinski definition) is 2. The summed E-state index contributed by atoms with van der Waals surface area (Å²) in [5, 5.41) is 22.7. The smallest absolute Gasteiger partial charge is 0.346 e. The van der Waals surface area contributed by atoms with E-state index in [0.29, 0.717) is 63.7 Å². The Hall–Kier alpha value is -1.43. The second kappa shape index (κ2) is 9.34. The molecule has 10 atom stereocenters. The monoisotopic (exact) mass is 527 g/mol. The summed E-state index contributed by atoms with van der Waals surface area (Å²) in [6, 6.07) is 5.17. The third-order valence-electron chi connectivity index (χ3n) is 11.9. The summed E-state index contributed by atoms with van der Waals surface area (Å²) >= 11 is 6.04. The maximum Gasteiger partial charge on any atom is 0.346 e. The third kappa shape index (κ3) is 4.19. The van der Waals surface area contributed by atoms with Crippen molar-refractivity contribution in [1.82, 2.24) is 4.98 Å². The Balaban J connectivity index is 1.18. The average molecular weight is 528 g/mol. The topological polar surface area (TPSA) is 83.6 Å². The van der Waals surface area contributed by atoms with Crippen molar-refractivity contribution < 1.29 is 14.6 Å². The van der Waals surface area contributed by atoms with Gasteiger partial charge in [-0.15, -0.1) is 0 Å². The molecule has 1 aromatic carbocycles. The van der Waals surface area contributed by atoms with E-state index < -0.39 is 0 Å². The van der Waals surface area contributed by atoms with Gasteiger partial charge in [-0.05, 0) is 122 Å². The Morgan fingerprint density at radius 1 is 1.08 bits per heavy atom. The molecule has 4 aliphatic rings. The quantitative estimate of drug-likeness (QED) is 0.480. The molecule has 5 nitrogen and oxygen atoms in total. The molecule has 0 aliphatic heterocycles. The standard InChI is InChI=1S/C31H42ClNO4/c1-17(4-9-27-33-25-8-5-19(32)16-21(25)29(36)37-27)22-6-7-23-28-24(11-13-31(22,23)3)30(2)12-10-20(34)14-18(30)15-26(28)35/h5,8,16-18,20,22-24,26,28,34-35H,4,6-7,9-15H2,1-3H3/t17-,18+,20-,22-,23+,24?,26-,28+,30+,31-/m1/s1. The van der Waals surface area contributed by atoms with Crippen LogP contribution in [0.3, 0.4) is 0 Å². The number of aryl methyl sites for hydroxylation is 1. The van der Waals surface area contributed by atoms with Gasteiger partial charge in [0.05, 0.1) is 23.1 Å². The second-order valence-corrected chi connectivity index (χ2v) is 14.0. The maximum absolute atomic E-state index is 12.5. The van der Waals surface area contributed by atoms with E-state index in [1.807, 2.05) is 0 Å². The lowest BCUT2D eigenvalue weighted by Crippen LogP contribution is -2.58. The van der Waals surface area contributed by atoms with Gasteiger partial charge in [0.15, 0.2) is 5.89 Å². The Bertz CT molecular complexity index is 1230. The molecule has 2 N–H and O–H groups in total.